The van der Waals surface area contributed by atoms with E-state index in [1.165, 1.54) is 22.3 Å². The van der Waals surface area contributed by atoms with E-state index in [2.05, 4.69) is 92.7 Å². The van der Waals surface area contributed by atoms with Gasteiger partial charge in [-0.05, 0) is 36.1 Å². The standard InChI is InChI=1S/C25H21N/c1-18-23(20-12-6-3-7-13-20)19(2)25(22-16-10-5-11-17-22)26-24(18)21-14-8-4-9-15-21/h3-17H,1-2H3. The molecule has 0 aliphatic carbocycles. The lowest BCUT2D eigenvalue weighted by atomic mass is 9.90. The quantitative estimate of drug-likeness (QED) is 0.406. The Morgan fingerprint density at radius 2 is 0.808 bits per heavy atom. The molecule has 0 fully saturated rings. The molecule has 0 radical (unpaired) electrons. The second-order valence-electron chi connectivity index (χ2n) is 6.53. The van der Waals surface area contributed by atoms with Gasteiger partial charge >= 0.3 is 0 Å². The molecule has 0 amide bonds. The highest BCUT2D eigenvalue weighted by atomic mass is 14.7. The molecule has 0 aliphatic heterocycles. The minimum absolute atomic E-state index is 1.05. The van der Waals surface area contributed by atoms with Gasteiger partial charge in [-0.25, -0.2) is 4.98 Å². The van der Waals surface area contributed by atoms with Gasteiger partial charge in [0, 0.05) is 11.1 Å². The van der Waals surface area contributed by atoms with Crippen LogP contribution < -0.4 is 0 Å². The lowest BCUT2D eigenvalue weighted by molar-refractivity contribution is 1.23. The van der Waals surface area contributed by atoms with Crippen molar-refractivity contribution in [2.45, 2.75) is 13.8 Å². The molecular weight excluding hydrogens is 314 g/mol. The zero-order chi connectivity index (χ0) is 17.9. The van der Waals surface area contributed by atoms with Crippen molar-refractivity contribution >= 4 is 0 Å². The molecule has 1 aromatic heterocycles. The predicted octanol–water partition coefficient (Wildman–Crippen LogP) is 6.70. The Hall–Kier alpha value is -3.19. The van der Waals surface area contributed by atoms with Gasteiger partial charge in [0.25, 0.3) is 0 Å². The molecular formula is C25H21N. The molecule has 4 rings (SSSR count). The van der Waals surface area contributed by atoms with Crippen LogP contribution in [0.1, 0.15) is 11.1 Å². The molecule has 0 saturated carbocycles. The van der Waals surface area contributed by atoms with E-state index in [0.29, 0.717) is 0 Å². The summed E-state index contributed by atoms with van der Waals surface area (Å²) in [5.41, 5.74) is 9.36. The van der Waals surface area contributed by atoms with Gasteiger partial charge in [0.05, 0.1) is 11.4 Å². The van der Waals surface area contributed by atoms with Gasteiger partial charge in [0.1, 0.15) is 0 Å². The van der Waals surface area contributed by atoms with Crippen molar-refractivity contribution in [3.63, 3.8) is 0 Å². The van der Waals surface area contributed by atoms with Crippen LogP contribution in [0.15, 0.2) is 91.0 Å². The molecule has 1 nitrogen and oxygen atoms in total. The van der Waals surface area contributed by atoms with Crippen LogP contribution in [0.25, 0.3) is 33.6 Å². The minimum atomic E-state index is 1.05. The number of nitrogens with zero attached hydrogens (tertiary/aromatic N) is 1. The Balaban J connectivity index is 2.05. The third-order valence-corrected chi connectivity index (χ3v) is 4.84. The summed E-state index contributed by atoms with van der Waals surface area (Å²) < 4.78 is 0. The van der Waals surface area contributed by atoms with Crippen molar-refractivity contribution < 1.29 is 0 Å². The van der Waals surface area contributed by atoms with Crippen LogP contribution in [-0.4, -0.2) is 4.98 Å². The number of pyridine rings is 1. The van der Waals surface area contributed by atoms with Crippen molar-refractivity contribution in [3.05, 3.63) is 102 Å². The number of hydrogen-bond donors (Lipinski definition) is 0. The summed E-state index contributed by atoms with van der Waals surface area (Å²) in [6.07, 6.45) is 0. The van der Waals surface area contributed by atoms with Crippen molar-refractivity contribution in [1.82, 2.24) is 4.98 Å². The van der Waals surface area contributed by atoms with E-state index >= 15 is 0 Å². The first kappa shape index (κ1) is 16.3. The molecule has 0 bridgehead atoms. The lowest BCUT2D eigenvalue weighted by Gasteiger charge is -2.18. The van der Waals surface area contributed by atoms with Gasteiger partial charge in [-0.1, -0.05) is 91.0 Å². The summed E-state index contributed by atoms with van der Waals surface area (Å²) in [5, 5.41) is 0. The highest BCUT2D eigenvalue weighted by Gasteiger charge is 2.17. The average molecular weight is 335 g/mol. The largest absolute Gasteiger partial charge is 0.247 e. The van der Waals surface area contributed by atoms with Crippen molar-refractivity contribution in [2.24, 2.45) is 0 Å². The molecule has 0 saturated heterocycles. The first-order valence-corrected chi connectivity index (χ1v) is 8.93. The average Bonchev–Trinajstić information content (AvgIpc) is 2.70. The fraction of sp³-hybridized carbons (Fsp3) is 0.0800. The van der Waals surface area contributed by atoms with Crippen LogP contribution in [0.2, 0.25) is 0 Å². The van der Waals surface area contributed by atoms with E-state index in [0.717, 1.165) is 22.5 Å². The van der Waals surface area contributed by atoms with E-state index < -0.39 is 0 Å². The smallest absolute Gasteiger partial charge is 0.0745 e. The van der Waals surface area contributed by atoms with Gasteiger partial charge in [0.2, 0.25) is 0 Å². The van der Waals surface area contributed by atoms with E-state index in [-0.39, 0.29) is 0 Å². The second kappa shape index (κ2) is 6.97. The lowest BCUT2D eigenvalue weighted by Crippen LogP contribution is -2.00. The number of benzene rings is 3. The molecule has 0 atom stereocenters. The van der Waals surface area contributed by atoms with E-state index in [9.17, 15) is 0 Å². The maximum Gasteiger partial charge on any atom is 0.0745 e. The Labute approximate surface area is 155 Å². The Morgan fingerprint density at radius 1 is 0.462 bits per heavy atom. The van der Waals surface area contributed by atoms with E-state index in [1.54, 1.807) is 0 Å². The van der Waals surface area contributed by atoms with Crippen LogP contribution >= 0.6 is 0 Å². The molecule has 1 heterocycles. The van der Waals surface area contributed by atoms with Crippen LogP contribution in [0.5, 0.6) is 0 Å². The highest BCUT2D eigenvalue weighted by molar-refractivity contribution is 5.84. The first-order valence-electron chi connectivity index (χ1n) is 8.93. The third kappa shape index (κ3) is 2.93. The fourth-order valence-corrected chi connectivity index (χ4v) is 3.59. The molecule has 26 heavy (non-hydrogen) atoms. The van der Waals surface area contributed by atoms with Crippen LogP contribution in [0, 0.1) is 13.8 Å². The molecule has 126 valence electrons. The second-order valence-corrected chi connectivity index (χ2v) is 6.53. The predicted molar refractivity (Wildman–Crippen MR) is 110 cm³/mol. The summed E-state index contributed by atoms with van der Waals surface area (Å²) in [6.45, 7) is 4.36. The monoisotopic (exact) mass is 335 g/mol. The normalized spacial score (nSPS) is 10.7. The zero-order valence-electron chi connectivity index (χ0n) is 15.1. The number of hydrogen-bond acceptors (Lipinski definition) is 1. The van der Waals surface area contributed by atoms with Gasteiger partial charge < -0.3 is 0 Å². The van der Waals surface area contributed by atoms with Crippen molar-refractivity contribution in [1.29, 1.82) is 0 Å². The molecule has 0 aliphatic rings. The summed E-state index contributed by atoms with van der Waals surface area (Å²) >= 11 is 0. The molecule has 0 spiro atoms. The minimum Gasteiger partial charge on any atom is -0.247 e. The van der Waals surface area contributed by atoms with E-state index in [1.807, 2.05) is 12.1 Å². The van der Waals surface area contributed by atoms with Gasteiger partial charge in [-0.15, -0.1) is 0 Å². The highest BCUT2D eigenvalue weighted by Crippen LogP contribution is 2.37. The van der Waals surface area contributed by atoms with Crippen molar-refractivity contribution in [3.8, 4) is 33.6 Å². The SMILES string of the molecule is Cc1c(-c2ccccc2)nc(-c2ccccc2)c(C)c1-c1ccccc1. The molecule has 0 unspecified atom stereocenters. The molecule has 1 heteroatoms. The number of rotatable bonds is 3. The van der Waals surface area contributed by atoms with Gasteiger partial charge in [-0.2, -0.15) is 0 Å². The van der Waals surface area contributed by atoms with Crippen LogP contribution in [0.4, 0.5) is 0 Å². The number of aromatic nitrogens is 1. The molecule has 4 aromatic rings. The summed E-state index contributed by atoms with van der Waals surface area (Å²) in [6, 6.07) is 31.5. The maximum atomic E-state index is 5.10. The van der Waals surface area contributed by atoms with Gasteiger partial charge in [0.15, 0.2) is 0 Å². The first-order chi connectivity index (χ1) is 12.8. The summed E-state index contributed by atoms with van der Waals surface area (Å²) in [7, 11) is 0. The third-order valence-electron chi connectivity index (χ3n) is 4.84. The van der Waals surface area contributed by atoms with Crippen LogP contribution in [-0.2, 0) is 0 Å². The van der Waals surface area contributed by atoms with E-state index in [4.69, 9.17) is 4.98 Å². The topological polar surface area (TPSA) is 12.9 Å². The fourth-order valence-electron chi connectivity index (χ4n) is 3.59. The summed E-state index contributed by atoms with van der Waals surface area (Å²) in [4.78, 5) is 5.10. The summed E-state index contributed by atoms with van der Waals surface area (Å²) in [5.74, 6) is 0. The van der Waals surface area contributed by atoms with Crippen LogP contribution in [0.3, 0.4) is 0 Å². The molecule has 0 N–H and O–H groups in total. The van der Waals surface area contributed by atoms with Crippen molar-refractivity contribution in [2.75, 3.05) is 0 Å². The maximum absolute atomic E-state index is 5.10. The Bertz CT molecular complexity index is 956. The van der Waals surface area contributed by atoms with Gasteiger partial charge in [-0.3, -0.25) is 0 Å². The zero-order valence-corrected chi connectivity index (χ0v) is 15.1. The Morgan fingerprint density at radius 3 is 1.19 bits per heavy atom. The molecule has 3 aromatic carbocycles. The Kier molecular flexibility index (Phi) is 4.37.